The molecule has 0 radical (unpaired) electrons. The standard InChI is InChI=1S/C23H26/c1-4-5-7-18-10-12-19(13-11-18)23-15-14-21-16-20(17(2)3)8-6-9-22(21)23/h6,8-17H,4-5,7H2,1-3H3. The molecule has 0 heteroatoms. The summed E-state index contributed by atoms with van der Waals surface area (Å²) in [5.74, 6) is 0.557. The minimum Gasteiger partial charge on any atom is -0.0654 e. The Morgan fingerprint density at radius 2 is 1.48 bits per heavy atom. The van der Waals surface area contributed by atoms with E-state index < -0.39 is 0 Å². The fourth-order valence-corrected chi connectivity index (χ4v) is 3.15. The summed E-state index contributed by atoms with van der Waals surface area (Å²) >= 11 is 0. The van der Waals surface area contributed by atoms with Crippen LogP contribution in [0, 0.1) is 0 Å². The zero-order chi connectivity index (χ0) is 16.2. The second kappa shape index (κ2) is 7.00. The summed E-state index contributed by atoms with van der Waals surface area (Å²) in [7, 11) is 0. The third-order valence-corrected chi connectivity index (χ3v) is 4.66. The number of fused-ring (bicyclic) bond motifs is 1. The van der Waals surface area contributed by atoms with Gasteiger partial charge >= 0.3 is 0 Å². The molecular weight excluding hydrogens is 276 g/mol. The molecule has 0 saturated carbocycles. The Kier molecular flexibility index (Phi) is 4.81. The van der Waals surface area contributed by atoms with E-state index in [1.807, 2.05) is 0 Å². The average molecular weight is 302 g/mol. The first-order valence-electron chi connectivity index (χ1n) is 8.81. The highest BCUT2D eigenvalue weighted by Gasteiger charge is 2.11. The molecule has 1 aromatic rings. The molecule has 0 saturated heterocycles. The van der Waals surface area contributed by atoms with Gasteiger partial charge in [-0.15, -0.1) is 0 Å². The zero-order valence-electron chi connectivity index (χ0n) is 14.5. The highest BCUT2D eigenvalue weighted by molar-refractivity contribution is 5.86. The van der Waals surface area contributed by atoms with E-state index in [-0.39, 0.29) is 0 Å². The van der Waals surface area contributed by atoms with Crippen molar-refractivity contribution in [3.05, 3.63) is 71.8 Å². The molecule has 0 spiro atoms. The maximum atomic E-state index is 2.33. The summed E-state index contributed by atoms with van der Waals surface area (Å²) < 4.78 is 0. The number of hydrogen-bond acceptors (Lipinski definition) is 0. The Morgan fingerprint density at radius 3 is 2.17 bits per heavy atom. The third-order valence-electron chi connectivity index (χ3n) is 4.66. The Balaban J connectivity index is 1.93. The van der Waals surface area contributed by atoms with Crippen molar-refractivity contribution in [3.63, 3.8) is 0 Å². The van der Waals surface area contributed by atoms with Gasteiger partial charge in [-0.25, -0.2) is 0 Å². The second-order valence-corrected chi connectivity index (χ2v) is 6.74. The molecule has 0 N–H and O–H groups in total. The van der Waals surface area contributed by atoms with Crippen LogP contribution in [0.1, 0.15) is 50.7 Å². The Labute approximate surface area is 140 Å². The van der Waals surface area contributed by atoms with Crippen LogP contribution in [0.25, 0.3) is 22.3 Å². The van der Waals surface area contributed by atoms with Crippen LogP contribution in [0.2, 0.25) is 0 Å². The van der Waals surface area contributed by atoms with Crippen LogP contribution in [-0.4, -0.2) is 0 Å². The fourth-order valence-electron chi connectivity index (χ4n) is 3.15. The van der Waals surface area contributed by atoms with Crippen LogP contribution in [0.3, 0.4) is 0 Å². The summed E-state index contributed by atoms with van der Waals surface area (Å²) in [5, 5.41) is 0. The van der Waals surface area contributed by atoms with E-state index >= 15 is 0 Å². The molecule has 0 atom stereocenters. The summed E-state index contributed by atoms with van der Waals surface area (Å²) in [5.41, 5.74) is 8.18. The molecule has 0 fully saturated rings. The van der Waals surface area contributed by atoms with Gasteiger partial charge < -0.3 is 0 Å². The van der Waals surface area contributed by atoms with Gasteiger partial charge in [0.2, 0.25) is 0 Å². The molecule has 0 aromatic heterocycles. The summed E-state index contributed by atoms with van der Waals surface area (Å²) in [6.45, 7) is 6.75. The van der Waals surface area contributed by atoms with Crippen LogP contribution in [-0.2, 0) is 6.42 Å². The van der Waals surface area contributed by atoms with Gasteiger partial charge in [0, 0.05) is 0 Å². The van der Waals surface area contributed by atoms with Crippen molar-refractivity contribution in [2.45, 2.75) is 46.0 Å². The molecule has 118 valence electrons. The molecule has 0 aliphatic heterocycles. The van der Waals surface area contributed by atoms with Gasteiger partial charge in [-0.1, -0.05) is 87.9 Å². The number of rotatable bonds is 5. The van der Waals surface area contributed by atoms with Crippen molar-refractivity contribution >= 4 is 0 Å². The second-order valence-electron chi connectivity index (χ2n) is 6.74. The molecule has 1 aromatic carbocycles. The van der Waals surface area contributed by atoms with Gasteiger partial charge in [-0.3, -0.25) is 0 Å². The van der Waals surface area contributed by atoms with E-state index in [9.17, 15) is 0 Å². The van der Waals surface area contributed by atoms with Gasteiger partial charge in [0.05, 0.1) is 0 Å². The number of aryl methyl sites for hydroxylation is 1. The molecule has 0 amide bonds. The lowest BCUT2D eigenvalue weighted by molar-refractivity contribution is 0.795. The Bertz CT molecular complexity index is 734. The van der Waals surface area contributed by atoms with E-state index in [1.54, 1.807) is 0 Å². The largest absolute Gasteiger partial charge is 0.0654 e. The van der Waals surface area contributed by atoms with Crippen LogP contribution in [0.15, 0.2) is 60.7 Å². The van der Waals surface area contributed by atoms with Gasteiger partial charge in [-0.2, -0.15) is 0 Å². The third kappa shape index (κ3) is 3.47. The number of unbranched alkanes of at least 4 members (excludes halogenated alkanes) is 1. The van der Waals surface area contributed by atoms with Crippen molar-refractivity contribution in [2.75, 3.05) is 0 Å². The van der Waals surface area contributed by atoms with E-state index in [0.717, 1.165) is 0 Å². The lowest BCUT2D eigenvalue weighted by Crippen LogP contribution is -1.85. The average Bonchev–Trinajstić information content (AvgIpc) is 2.82. The molecule has 23 heavy (non-hydrogen) atoms. The highest BCUT2D eigenvalue weighted by Crippen LogP contribution is 2.36. The minimum absolute atomic E-state index is 0.557. The predicted molar refractivity (Wildman–Crippen MR) is 101 cm³/mol. The molecule has 2 aliphatic rings. The normalized spacial score (nSPS) is 11.3. The summed E-state index contributed by atoms with van der Waals surface area (Å²) in [4.78, 5) is 0. The monoisotopic (exact) mass is 302 g/mol. The lowest BCUT2D eigenvalue weighted by Gasteiger charge is -2.05. The van der Waals surface area contributed by atoms with Crippen molar-refractivity contribution in [1.82, 2.24) is 0 Å². The van der Waals surface area contributed by atoms with Gasteiger partial charge in [0.15, 0.2) is 0 Å². The van der Waals surface area contributed by atoms with Crippen LogP contribution < -0.4 is 0 Å². The molecular formula is C23H26. The maximum absolute atomic E-state index is 2.33. The van der Waals surface area contributed by atoms with E-state index in [0.29, 0.717) is 5.92 Å². The minimum atomic E-state index is 0.557. The Morgan fingerprint density at radius 1 is 0.783 bits per heavy atom. The van der Waals surface area contributed by atoms with E-state index in [1.165, 1.54) is 52.6 Å². The van der Waals surface area contributed by atoms with Crippen LogP contribution >= 0.6 is 0 Å². The Hall–Kier alpha value is -2.08. The lowest BCUT2D eigenvalue weighted by atomic mass is 9.99. The fraction of sp³-hybridized carbons (Fsp3) is 0.304. The highest BCUT2D eigenvalue weighted by atomic mass is 14.2. The quantitative estimate of drug-likeness (QED) is 0.479. The predicted octanol–water partition coefficient (Wildman–Crippen LogP) is 6.92. The molecule has 2 aliphatic carbocycles. The summed E-state index contributed by atoms with van der Waals surface area (Å²) in [6, 6.07) is 22.6. The molecule has 0 unspecified atom stereocenters. The maximum Gasteiger partial charge on any atom is -0.0105 e. The van der Waals surface area contributed by atoms with Crippen LogP contribution in [0.5, 0.6) is 0 Å². The first-order chi connectivity index (χ1) is 11.2. The summed E-state index contributed by atoms with van der Waals surface area (Å²) in [6.07, 6.45) is 3.71. The molecule has 0 nitrogen and oxygen atoms in total. The van der Waals surface area contributed by atoms with Crippen molar-refractivity contribution in [3.8, 4) is 22.3 Å². The topological polar surface area (TPSA) is 0 Å². The van der Waals surface area contributed by atoms with Gasteiger partial charge in [0.25, 0.3) is 0 Å². The van der Waals surface area contributed by atoms with Crippen LogP contribution in [0.4, 0.5) is 0 Å². The molecule has 0 heterocycles. The smallest absolute Gasteiger partial charge is 0.0105 e. The first-order valence-corrected chi connectivity index (χ1v) is 8.81. The van der Waals surface area contributed by atoms with Crippen molar-refractivity contribution in [2.24, 2.45) is 0 Å². The zero-order valence-corrected chi connectivity index (χ0v) is 14.5. The first kappa shape index (κ1) is 15.8. The molecule has 3 rings (SSSR count). The van der Waals surface area contributed by atoms with E-state index in [2.05, 4.69) is 81.4 Å². The van der Waals surface area contributed by atoms with Gasteiger partial charge in [0.1, 0.15) is 0 Å². The van der Waals surface area contributed by atoms with Crippen molar-refractivity contribution < 1.29 is 0 Å². The molecule has 0 bridgehead atoms. The van der Waals surface area contributed by atoms with E-state index in [4.69, 9.17) is 0 Å². The number of benzene rings is 1. The van der Waals surface area contributed by atoms with Gasteiger partial charge in [-0.05, 0) is 52.1 Å². The number of hydrogen-bond donors (Lipinski definition) is 0. The SMILES string of the molecule is CCCCc1ccc(-c2ccc3cc(C(C)C)cccc2-3)cc1. The van der Waals surface area contributed by atoms with Crippen molar-refractivity contribution in [1.29, 1.82) is 0 Å².